The summed E-state index contributed by atoms with van der Waals surface area (Å²) < 4.78 is 19.5. The highest BCUT2D eigenvalue weighted by molar-refractivity contribution is 7.78. The first-order valence-corrected chi connectivity index (χ1v) is 2.43. The number of rotatable bonds is 0. The molecule has 1 unspecified atom stereocenters. The lowest BCUT2D eigenvalue weighted by molar-refractivity contribution is 0.450. The lowest BCUT2D eigenvalue weighted by Crippen LogP contribution is -1.58. The predicted molar refractivity (Wildman–Crippen MR) is 16.7 cm³/mol. The van der Waals surface area contributed by atoms with Crippen LogP contribution in [-0.4, -0.2) is 12.5 Å². The van der Waals surface area contributed by atoms with Gasteiger partial charge in [0.15, 0.2) is 0 Å². The van der Waals surface area contributed by atoms with Gasteiger partial charge in [0.2, 0.25) is 7.57 Å². The van der Waals surface area contributed by atoms with Crippen LogP contribution in [0.2, 0.25) is 0 Å². The van der Waals surface area contributed by atoms with Crippen LogP contribution >= 0.6 is 7.56 Å². The van der Waals surface area contributed by atoms with E-state index in [-0.39, 0.29) is 0 Å². The molecule has 5 heavy (non-hydrogen) atoms. The van der Waals surface area contributed by atoms with E-state index in [9.17, 15) is 4.20 Å². The first-order chi connectivity index (χ1) is 2.00. The molecule has 0 aliphatic carbocycles. The van der Waals surface area contributed by atoms with Crippen LogP contribution in [0.5, 0.6) is 0 Å². The van der Waals surface area contributed by atoms with Crippen molar-refractivity contribution in [2.24, 2.45) is 0 Å². The van der Waals surface area contributed by atoms with E-state index in [1.54, 1.807) is 0 Å². The molecule has 1 atom stereocenters. The topological polar surface area (TPSA) is 37.3 Å². The van der Waals surface area contributed by atoms with Crippen molar-refractivity contribution in [3.05, 3.63) is 0 Å². The molecule has 0 amide bonds. The van der Waals surface area contributed by atoms with Gasteiger partial charge in [-0.05, 0) is 0 Å². The van der Waals surface area contributed by atoms with Crippen molar-refractivity contribution >= 4 is 15.1 Å². The fourth-order valence-corrected chi connectivity index (χ4v) is 0. The maximum atomic E-state index is 10.6. The zero-order valence-electron chi connectivity index (χ0n) is 2.26. The monoisotopic (exact) mass is 94.0 g/mol. The number of halogens is 1. The van der Waals surface area contributed by atoms with E-state index >= 15 is 0 Å². The molecule has 0 rings (SSSR count). The van der Waals surface area contributed by atoms with E-state index in [0.29, 0.717) is 0 Å². The molecule has 0 aromatic rings. The van der Waals surface area contributed by atoms with E-state index in [1.165, 1.54) is 0 Å². The minimum Gasteiger partial charge on any atom is -0.330 e. The molecule has 0 aromatic heterocycles. The van der Waals surface area contributed by atoms with Crippen molar-refractivity contribution in [1.29, 1.82) is 0 Å². The average molecular weight is 93.8 g/mol. The van der Waals surface area contributed by atoms with Gasteiger partial charge in [-0.15, -0.1) is 0 Å². The van der Waals surface area contributed by atoms with Gasteiger partial charge in [0.1, 0.15) is 0 Å². The maximum absolute atomic E-state index is 10.6. The van der Waals surface area contributed by atoms with Crippen molar-refractivity contribution in [1.82, 2.24) is 0 Å². The smallest absolute Gasteiger partial charge is 0.299 e. The first-order valence-electron chi connectivity index (χ1n) is 0.810. The van der Waals surface area contributed by atoms with E-state index < -0.39 is 7.56 Å². The maximum Gasteiger partial charge on any atom is 0.299 e. The Balaban J connectivity index is 3.47. The lowest BCUT2D eigenvalue weighted by Gasteiger charge is -1.80. The third-order valence-electron chi connectivity index (χ3n) is 0. The van der Waals surface area contributed by atoms with Gasteiger partial charge in [0.05, 0.1) is 0 Å². The average Bonchev–Trinajstić information content (AvgIpc) is 0.722. The normalized spacial score (nSPS) is 21.2. The molecule has 28 valence electrons. The molecule has 0 saturated heterocycles. The summed E-state index contributed by atoms with van der Waals surface area (Å²) in [6.45, 7) is 0. The van der Waals surface area contributed by atoms with Crippen LogP contribution in [0.15, 0.2) is 0 Å². The van der Waals surface area contributed by atoms with Gasteiger partial charge in [-0.3, -0.25) is 4.57 Å². The molecule has 0 fully saturated rings. The summed E-state index contributed by atoms with van der Waals surface area (Å²) in [5, 5.41) is 0. The van der Waals surface area contributed by atoms with E-state index in [2.05, 4.69) is 7.57 Å². The highest BCUT2D eigenvalue weighted by Gasteiger charge is 1.99. The predicted octanol–water partition coefficient (Wildman–Crippen LogP) is 0.225. The van der Waals surface area contributed by atoms with Gasteiger partial charge < -0.3 is 4.89 Å². The van der Waals surface area contributed by atoms with Crippen LogP contribution < -0.4 is 0 Å². The molecule has 0 aliphatic rings. The van der Waals surface area contributed by atoms with Gasteiger partial charge >= 0.3 is 0 Å². The molecule has 1 N–H and O–H groups in total. The summed E-state index contributed by atoms with van der Waals surface area (Å²) >= 11 is 0. The van der Waals surface area contributed by atoms with Crippen LogP contribution in [0.1, 0.15) is 0 Å². The quantitative estimate of drug-likeness (QED) is 0.344. The standard InChI is InChI=1S/BFHO2P/c1-5(2,3)4/h(H,3,4). The Hall–Kier alpha value is 0.185. The van der Waals surface area contributed by atoms with Crippen LogP contribution in [0.4, 0.5) is 4.20 Å². The van der Waals surface area contributed by atoms with Crippen molar-refractivity contribution in [2.75, 3.05) is 0 Å². The summed E-state index contributed by atoms with van der Waals surface area (Å²) in [5.41, 5.74) is 0. The molecule has 0 spiro atoms. The first kappa shape index (κ1) is 5.18. The molecule has 0 heterocycles. The third-order valence-corrected chi connectivity index (χ3v) is 0. The molecule has 0 aromatic carbocycles. The third kappa shape index (κ3) is 584. The summed E-state index contributed by atoms with van der Waals surface area (Å²) in [7, 11) is -0.840. The summed E-state index contributed by atoms with van der Waals surface area (Å²) in [4.78, 5) is 7.19. The Bertz CT molecular complexity index is 55.8. The minimum absolute atomic E-state index is 3.80. The van der Waals surface area contributed by atoms with Crippen molar-refractivity contribution in [3.8, 4) is 0 Å². The van der Waals surface area contributed by atoms with Crippen molar-refractivity contribution < 1.29 is 13.7 Å². The Morgan fingerprint density at radius 3 is 2.00 bits per heavy atom. The minimum atomic E-state index is -4.64. The molecular weight excluding hydrogens is 92.8 g/mol. The summed E-state index contributed by atoms with van der Waals surface area (Å²) in [6.07, 6.45) is 0. The number of hydrogen-bond donors (Lipinski definition) is 1. The van der Waals surface area contributed by atoms with Gasteiger partial charge in [-0.1, -0.05) is 0 Å². The second kappa shape index (κ2) is 1.11. The fraction of sp³-hybridized carbons (Fsp3) is 0. The Morgan fingerprint density at radius 1 is 2.00 bits per heavy atom. The van der Waals surface area contributed by atoms with Crippen LogP contribution in [0, 0.1) is 0 Å². The highest BCUT2D eigenvalue weighted by atomic mass is 31.2. The molecular formula is HBFO2P. The lowest BCUT2D eigenvalue weighted by atomic mass is 10.8. The van der Waals surface area contributed by atoms with E-state index in [4.69, 9.17) is 9.46 Å². The fourth-order valence-electron chi connectivity index (χ4n) is 0. The van der Waals surface area contributed by atoms with Gasteiger partial charge in [-0.2, -0.15) is 4.20 Å². The number of hydrogen-bond acceptors (Lipinski definition) is 1. The molecule has 0 bridgehead atoms. The molecule has 5 heteroatoms. The summed E-state index contributed by atoms with van der Waals surface area (Å²) in [5.74, 6) is 0. The van der Waals surface area contributed by atoms with Crippen molar-refractivity contribution in [3.63, 3.8) is 0 Å². The van der Waals surface area contributed by atoms with E-state index in [0.717, 1.165) is 0 Å². The Labute approximate surface area is 29.9 Å². The van der Waals surface area contributed by atoms with Crippen LogP contribution in [0.3, 0.4) is 0 Å². The SMILES string of the molecule is [B]P(=O)(O)F. The Morgan fingerprint density at radius 2 is 2.00 bits per heavy atom. The van der Waals surface area contributed by atoms with Gasteiger partial charge in [0, 0.05) is 0 Å². The second-order valence-electron chi connectivity index (χ2n) is 0.545. The highest BCUT2D eigenvalue weighted by Crippen LogP contribution is 2.34. The summed E-state index contributed by atoms with van der Waals surface area (Å²) in [6, 6.07) is 0. The van der Waals surface area contributed by atoms with Gasteiger partial charge in [-0.25, -0.2) is 0 Å². The zero-order valence-corrected chi connectivity index (χ0v) is 3.15. The van der Waals surface area contributed by atoms with Crippen molar-refractivity contribution in [2.45, 2.75) is 0 Å². The largest absolute Gasteiger partial charge is 0.330 e. The molecule has 0 aliphatic heterocycles. The van der Waals surface area contributed by atoms with Crippen LogP contribution in [0.25, 0.3) is 0 Å². The molecule has 2 nitrogen and oxygen atoms in total. The zero-order chi connectivity index (χ0) is 4.50. The molecule has 0 saturated carbocycles. The molecule has 2 radical (unpaired) electrons. The van der Waals surface area contributed by atoms with Gasteiger partial charge in [0.25, 0.3) is 7.56 Å². The van der Waals surface area contributed by atoms with Crippen LogP contribution in [-0.2, 0) is 4.57 Å². The second-order valence-corrected chi connectivity index (χ2v) is 1.63. The Kier molecular flexibility index (Phi) is 1.15. The van der Waals surface area contributed by atoms with E-state index in [1.807, 2.05) is 0 Å².